The molecule has 122 valence electrons. The van der Waals surface area contributed by atoms with Crippen molar-refractivity contribution in [3.8, 4) is 11.3 Å². The minimum atomic E-state index is -0.596. The van der Waals surface area contributed by atoms with E-state index in [1.54, 1.807) is 23.9 Å². The van der Waals surface area contributed by atoms with E-state index in [0.717, 1.165) is 11.3 Å². The van der Waals surface area contributed by atoms with Crippen LogP contribution in [0, 0.1) is 10.1 Å². The highest BCUT2D eigenvalue weighted by atomic mass is 35.5. The number of halogens is 1. The second kappa shape index (κ2) is 6.81. The number of benzene rings is 1. The van der Waals surface area contributed by atoms with E-state index >= 15 is 0 Å². The normalized spacial score (nSPS) is 12.2. The van der Waals surface area contributed by atoms with Crippen LogP contribution in [0.1, 0.15) is 5.76 Å². The molecule has 24 heavy (non-hydrogen) atoms. The fourth-order valence-corrected chi connectivity index (χ4v) is 2.94. The van der Waals surface area contributed by atoms with Crippen molar-refractivity contribution in [3.05, 3.63) is 67.5 Å². The van der Waals surface area contributed by atoms with Crippen LogP contribution in [-0.4, -0.2) is 22.9 Å². The summed E-state index contributed by atoms with van der Waals surface area (Å²) in [6, 6.07) is 10.1. The molecule has 0 spiro atoms. The van der Waals surface area contributed by atoms with Crippen LogP contribution in [0.4, 0.5) is 5.88 Å². The average Bonchev–Trinajstić information content (AvgIpc) is 3.20. The van der Waals surface area contributed by atoms with Gasteiger partial charge in [-0.15, -0.1) is 11.3 Å². The van der Waals surface area contributed by atoms with Crippen LogP contribution >= 0.6 is 22.9 Å². The van der Waals surface area contributed by atoms with Gasteiger partial charge in [-0.2, -0.15) is 5.10 Å². The lowest BCUT2D eigenvalue weighted by Crippen LogP contribution is -2.11. The number of thiazole rings is 1. The number of rotatable bonds is 4. The van der Waals surface area contributed by atoms with E-state index in [1.807, 2.05) is 17.5 Å². The fourth-order valence-electron chi connectivity index (χ4n) is 2.01. The monoisotopic (exact) mass is 362 g/mol. The van der Waals surface area contributed by atoms with Gasteiger partial charge in [0.15, 0.2) is 5.76 Å². The summed E-state index contributed by atoms with van der Waals surface area (Å²) in [6.07, 6.45) is 1.41. The molecule has 3 aromatic rings. The van der Waals surface area contributed by atoms with E-state index in [4.69, 9.17) is 16.0 Å². The lowest BCUT2D eigenvalue weighted by molar-refractivity contribution is -0.402. The molecule has 0 fully saturated rings. The Labute approximate surface area is 145 Å². The third-order valence-electron chi connectivity index (χ3n) is 3.11. The van der Waals surface area contributed by atoms with Crippen molar-refractivity contribution in [2.75, 3.05) is 7.05 Å². The molecule has 0 unspecified atom stereocenters. The molecule has 0 radical (unpaired) electrons. The number of aromatic nitrogens is 1. The molecule has 0 N–H and O–H groups in total. The van der Waals surface area contributed by atoms with Gasteiger partial charge in [-0.1, -0.05) is 23.7 Å². The summed E-state index contributed by atoms with van der Waals surface area (Å²) in [6.45, 7) is 0. The zero-order valence-electron chi connectivity index (χ0n) is 12.4. The first-order valence-corrected chi connectivity index (χ1v) is 8.02. The Kier molecular flexibility index (Phi) is 4.59. The first-order chi connectivity index (χ1) is 11.6. The van der Waals surface area contributed by atoms with Gasteiger partial charge in [0.2, 0.25) is 4.80 Å². The Balaban J connectivity index is 2.00. The summed E-state index contributed by atoms with van der Waals surface area (Å²) in [4.78, 5) is 14.9. The average molecular weight is 363 g/mol. The summed E-state index contributed by atoms with van der Waals surface area (Å²) in [5, 5.41) is 17.6. The first-order valence-electron chi connectivity index (χ1n) is 6.76. The molecule has 2 aromatic heterocycles. The van der Waals surface area contributed by atoms with E-state index in [9.17, 15) is 10.1 Å². The van der Waals surface area contributed by atoms with E-state index < -0.39 is 4.92 Å². The fraction of sp³-hybridized carbons (Fsp3) is 0.0667. The summed E-state index contributed by atoms with van der Waals surface area (Å²) >= 11 is 7.35. The van der Waals surface area contributed by atoms with Gasteiger partial charge in [-0.3, -0.25) is 15.1 Å². The molecule has 2 heterocycles. The Morgan fingerprint density at radius 2 is 2.04 bits per heavy atom. The molecular formula is C15H11ClN4O3S. The zero-order chi connectivity index (χ0) is 17.1. The predicted octanol–water partition coefficient (Wildman–Crippen LogP) is 3.78. The molecule has 3 rings (SSSR count). The third-order valence-corrected chi connectivity index (χ3v) is 4.27. The van der Waals surface area contributed by atoms with Gasteiger partial charge < -0.3 is 4.42 Å². The second-order valence-corrected chi connectivity index (χ2v) is 5.90. The van der Waals surface area contributed by atoms with Crippen molar-refractivity contribution in [1.29, 1.82) is 0 Å². The zero-order valence-corrected chi connectivity index (χ0v) is 14.0. The van der Waals surface area contributed by atoms with E-state index in [2.05, 4.69) is 10.1 Å². The smallest absolute Gasteiger partial charge is 0.400 e. The highest BCUT2D eigenvalue weighted by Crippen LogP contribution is 2.22. The van der Waals surface area contributed by atoms with E-state index in [-0.39, 0.29) is 11.6 Å². The maximum atomic E-state index is 10.7. The standard InChI is InChI=1S/C15H11ClN4O3S/c1-17-15-19(18-8-12-6-7-14(23-12)20(21)22)13(9-24-15)10-2-4-11(16)5-3-10/h2-9H,1H3. The summed E-state index contributed by atoms with van der Waals surface area (Å²) in [7, 11) is 1.67. The van der Waals surface area contributed by atoms with Crippen molar-refractivity contribution in [1.82, 2.24) is 4.68 Å². The molecule has 0 amide bonds. The molecule has 9 heteroatoms. The van der Waals surface area contributed by atoms with Crippen LogP contribution in [-0.2, 0) is 0 Å². The maximum absolute atomic E-state index is 10.7. The molecule has 0 bridgehead atoms. The molecule has 0 saturated carbocycles. The van der Waals surface area contributed by atoms with Gasteiger partial charge in [-0.25, -0.2) is 4.68 Å². The van der Waals surface area contributed by atoms with Gasteiger partial charge in [0, 0.05) is 23.0 Å². The highest BCUT2D eigenvalue weighted by Gasteiger charge is 2.11. The summed E-state index contributed by atoms with van der Waals surface area (Å²) in [5.41, 5.74) is 1.75. The molecule has 0 aliphatic heterocycles. The third kappa shape index (κ3) is 3.29. The Morgan fingerprint density at radius 1 is 1.29 bits per heavy atom. The second-order valence-electron chi connectivity index (χ2n) is 4.62. The Hall–Kier alpha value is -2.71. The minimum Gasteiger partial charge on any atom is -0.400 e. The number of nitro groups is 1. The number of hydrogen-bond donors (Lipinski definition) is 0. The molecule has 0 atom stereocenters. The molecule has 0 saturated heterocycles. The minimum absolute atomic E-state index is 0.282. The van der Waals surface area contributed by atoms with Gasteiger partial charge in [-0.05, 0) is 18.2 Å². The van der Waals surface area contributed by atoms with Crippen LogP contribution in [0.3, 0.4) is 0 Å². The topological polar surface area (TPSA) is 85.9 Å². The highest BCUT2D eigenvalue weighted by molar-refractivity contribution is 7.07. The molecular weight excluding hydrogens is 352 g/mol. The van der Waals surface area contributed by atoms with E-state index in [0.29, 0.717) is 9.82 Å². The van der Waals surface area contributed by atoms with Gasteiger partial charge in [0.1, 0.15) is 4.92 Å². The molecule has 0 aliphatic rings. The molecule has 1 aromatic carbocycles. The van der Waals surface area contributed by atoms with E-state index in [1.165, 1.54) is 29.7 Å². The molecule has 0 aliphatic carbocycles. The largest absolute Gasteiger partial charge is 0.433 e. The number of hydrogen-bond acceptors (Lipinski definition) is 6. The van der Waals surface area contributed by atoms with Crippen molar-refractivity contribution in [2.45, 2.75) is 0 Å². The SMILES string of the molecule is CN=c1scc(-c2ccc(Cl)cc2)n1N=Cc1ccc([N+](=O)[O-])o1. The Bertz CT molecular complexity index is 969. The maximum Gasteiger partial charge on any atom is 0.433 e. The quantitative estimate of drug-likeness (QED) is 0.402. The first kappa shape index (κ1) is 16.2. The van der Waals surface area contributed by atoms with Crippen LogP contribution in [0.15, 0.2) is 56.3 Å². The van der Waals surface area contributed by atoms with Crippen molar-refractivity contribution < 1.29 is 9.34 Å². The van der Waals surface area contributed by atoms with Crippen molar-refractivity contribution >= 4 is 35.0 Å². The molecule has 7 nitrogen and oxygen atoms in total. The van der Waals surface area contributed by atoms with Gasteiger partial charge in [0.05, 0.1) is 18.0 Å². The van der Waals surface area contributed by atoms with Gasteiger partial charge >= 0.3 is 5.88 Å². The van der Waals surface area contributed by atoms with Crippen molar-refractivity contribution in [3.63, 3.8) is 0 Å². The Morgan fingerprint density at radius 3 is 2.67 bits per heavy atom. The lowest BCUT2D eigenvalue weighted by Gasteiger charge is -2.03. The van der Waals surface area contributed by atoms with Gasteiger partial charge in [0.25, 0.3) is 0 Å². The van der Waals surface area contributed by atoms with Crippen LogP contribution in [0.5, 0.6) is 0 Å². The van der Waals surface area contributed by atoms with Crippen LogP contribution < -0.4 is 4.80 Å². The van der Waals surface area contributed by atoms with Crippen LogP contribution in [0.25, 0.3) is 11.3 Å². The van der Waals surface area contributed by atoms with Crippen LogP contribution in [0.2, 0.25) is 5.02 Å². The summed E-state index contributed by atoms with van der Waals surface area (Å²) < 4.78 is 6.71. The van der Waals surface area contributed by atoms with Crippen molar-refractivity contribution in [2.24, 2.45) is 10.1 Å². The number of furan rings is 1. The number of nitrogens with zero attached hydrogens (tertiary/aromatic N) is 4. The summed E-state index contributed by atoms with van der Waals surface area (Å²) in [5.74, 6) is -0.0467. The lowest BCUT2D eigenvalue weighted by atomic mass is 10.2. The predicted molar refractivity (Wildman–Crippen MR) is 92.6 cm³/mol.